The van der Waals surface area contributed by atoms with Gasteiger partial charge in [0.2, 0.25) is 5.91 Å². The summed E-state index contributed by atoms with van der Waals surface area (Å²) in [6.45, 7) is 0. The van der Waals surface area contributed by atoms with Crippen molar-refractivity contribution in [2.24, 2.45) is 0 Å². The number of carboxylic acids is 1. The van der Waals surface area contributed by atoms with Gasteiger partial charge < -0.3 is 10.4 Å². The first-order valence-corrected chi connectivity index (χ1v) is 9.08. The van der Waals surface area contributed by atoms with Gasteiger partial charge in [-0.15, -0.1) is 0 Å². The highest BCUT2D eigenvalue weighted by Crippen LogP contribution is 2.25. The fourth-order valence-corrected chi connectivity index (χ4v) is 3.06. The van der Waals surface area contributed by atoms with E-state index >= 15 is 0 Å². The third-order valence-electron chi connectivity index (χ3n) is 4.25. The summed E-state index contributed by atoms with van der Waals surface area (Å²) < 4.78 is 0. The highest BCUT2D eigenvalue weighted by atomic mass is 35.5. The molecule has 0 saturated heterocycles. The van der Waals surface area contributed by atoms with Crippen LogP contribution in [0.1, 0.15) is 30.5 Å². The zero-order valence-electron chi connectivity index (χ0n) is 14.9. The third-order valence-corrected chi connectivity index (χ3v) is 4.58. The van der Waals surface area contributed by atoms with E-state index in [1.807, 2.05) is 18.2 Å². The minimum atomic E-state index is -0.937. The number of nitrogens with zero attached hydrogens (tertiary/aromatic N) is 1. The number of aliphatic carboxylic acids is 1. The molecule has 3 rings (SSSR count). The van der Waals surface area contributed by atoms with E-state index in [0.717, 1.165) is 10.9 Å². The molecule has 1 amide bonds. The zero-order chi connectivity index (χ0) is 20.1. The molecule has 0 aliphatic rings. The molecule has 0 unspecified atom stereocenters. The molecule has 0 aliphatic carbocycles. The van der Waals surface area contributed by atoms with Gasteiger partial charge in [0.15, 0.2) is 0 Å². The number of fused-ring (bicyclic) bond motifs is 1. The zero-order valence-corrected chi connectivity index (χ0v) is 15.6. The second kappa shape index (κ2) is 8.67. The van der Waals surface area contributed by atoms with Crippen LogP contribution in [0.2, 0.25) is 5.02 Å². The Morgan fingerprint density at radius 1 is 1.11 bits per heavy atom. The standard InChI is InChI=1S/C20H18ClN3O4/c21-15-9-8-12(11-17(15)22-18(25)6-3-7-19(26)27)10-16-13-4-1-2-5-14(13)20(28)24-23-16/h1-2,4-5,8-9,11H,3,6-7,10H2,(H,22,25)(H,24,28)(H,26,27). The van der Waals surface area contributed by atoms with E-state index in [9.17, 15) is 14.4 Å². The van der Waals surface area contributed by atoms with E-state index < -0.39 is 5.97 Å². The molecule has 2 aromatic carbocycles. The summed E-state index contributed by atoms with van der Waals surface area (Å²) in [6, 6.07) is 12.5. The topological polar surface area (TPSA) is 112 Å². The van der Waals surface area contributed by atoms with E-state index in [1.165, 1.54) is 0 Å². The Morgan fingerprint density at radius 3 is 2.61 bits per heavy atom. The normalized spacial score (nSPS) is 10.8. The van der Waals surface area contributed by atoms with Gasteiger partial charge in [0.05, 0.1) is 21.8 Å². The minimum absolute atomic E-state index is 0.0633. The molecule has 7 nitrogen and oxygen atoms in total. The van der Waals surface area contributed by atoms with E-state index in [4.69, 9.17) is 16.7 Å². The van der Waals surface area contributed by atoms with E-state index in [0.29, 0.717) is 28.2 Å². The summed E-state index contributed by atoms with van der Waals surface area (Å²) in [5.74, 6) is -1.23. The maximum atomic E-state index is 12.0. The predicted octanol–water partition coefficient (Wildman–Crippen LogP) is 3.36. The van der Waals surface area contributed by atoms with Crippen LogP contribution in [0.4, 0.5) is 5.69 Å². The maximum Gasteiger partial charge on any atom is 0.303 e. The Kier molecular flexibility index (Phi) is 6.06. The summed E-state index contributed by atoms with van der Waals surface area (Å²) in [4.78, 5) is 34.5. The van der Waals surface area contributed by atoms with Gasteiger partial charge in [0, 0.05) is 24.6 Å². The number of H-pyrrole nitrogens is 1. The summed E-state index contributed by atoms with van der Waals surface area (Å²) >= 11 is 6.17. The Labute approximate surface area is 165 Å². The molecule has 0 saturated carbocycles. The number of halogens is 1. The van der Waals surface area contributed by atoms with Crippen LogP contribution >= 0.6 is 11.6 Å². The van der Waals surface area contributed by atoms with Crippen LogP contribution < -0.4 is 10.9 Å². The molecule has 28 heavy (non-hydrogen) atoms. The van der Waals surface area contributed by atoms with E-state index in [2.05, 4.69) is 15.5 Å². The molecule has 0 radical (unpaired) electrons. The van der Waals surface area contributed by atoms with Gasteiger partial charge in [-0.1, -0.05) is 35.9 Å². The molecule has 1 heterocycles. The third kappa shape index (κ3) is 4.75. The fourth-order valence-electron chi connectivity index (χ4n) is 2.89. The Bertz CT molecular complexity index is 1090. The SMILES string of the molecule is O=C(O)CCCC(=O)Nc1cc(Cc2n[nH]c(=O)c3ccccc23)ccc1Cl. The summed E-state index contributed by atoms with van der Waals surface area (Å²) in [5, 5.41) is 19.7. The number of carboxylic acid groups (broad SMARTS) is 1. The van der Waals surface area contributed by atoms with E-state index in [-0.39, 0.29) is 30.7 Å². The van der Waals surface area contributed by atoms with Crippen LogP contribution in [0.3, 0.4) is 0 Å². The number of aromatic nitrogens is 2. The first-order chi connectivity index (χ1) is 13.4. The van der Waals surface area contributed by atoms with Crippen molar-refractivity contribution < 1.29 is 14.7 Å². The molecule has 1 aromatic heterocycles. The molecule has 0 fully saturated rings. The molecule has 8 heteroatoms. The molecule has 0 bridgehead atoms. The lowest BCUT2D eigenvalue weighted by Gasteiger charge is -2.10. The number of rotatable bonds is 7. The number of hydrogen-bond donors (Lipinski definition) is 3. The van der Waals surface area contributed by atoms with Gasteiger partial charge in [-0.25, -0.2) is 5.10 Å². The van der Waals surface area contributed by atoms with Crippen molar-refractivity contribution in [3.63, 3.8) is 0 Å². The first-order valence-electron chi connectivity index (χ1n) is 8.70. The molecule has 0 spiro atoms. The van der Waals surface area contributed by atoms with Gasteiger partial charge >= 0.3 is 5.97 Å². The van der Waals surface area contributed by atoms with Crippen molar-refractivity contribution in [3.8, 4) is 0 Å². The number of carbonyl (C=O) groups excluding carboxylic acids is 1. The highest BCUT2D eigenvalue weighted by molar-refractivity contribution is 6.33. The second-order valence-corrected chi connectivity index (χ2v) is 6.74. The van der Waals surface area contributed by atoms with Crippen molar-refractivity contribution in [3.05, 3.63) is 69.1 Å². The number of nitrogens with one attached hydrogen (secondary N) is 2. The Hall–Kier alpha value is -3.19. The van der Waals surface area contributed by atoms with Crippen LogP contribution in [0.25, 0.3) is 10.8 Å². The van der Waals surface area contributed by atoms with Crippen LogP contribution in [-0.4, -0.2) is 27.2 Å². The van der Waals surface area contributed by atoms with Crippen molar-refractivity contribution in [2.45, 2.75) is 25.7 Å². The molecule has 3 aromatic rings. The summed E-state index contributed by atoms with van der Waals surface area (Å²) in [6.07, 6.45) is 0.729. The maximum absolute atomic E-state index is 12.0. The number of anilines is 1. The molecular formula is C20H18ClN3O4. The van der Waals surface area contributed by atoms with Crippen LogP contribution in [-0.2, 0) is 16.0 Å². The average molecular weight is 400 g/mol. The minimum Gasteiger partial charge on any atom is -0.481 e. The number of hydrogen-bond acceptors (Lipinski definition) is 4. The Balaban J connectivity index is 1.79. The van der Waals surface area contributed by atoms with Crippen LogP contribution in [0.5, 0.6) is 0 Å². The molecule has 0 atom stereocenters. The van der Waals surface area contributed by atoms with Gasteiger partial charge in [-0.2, -0.15) is 5.10 Å². The van der Waals surface area contributed by atoms with Crippen molar-refractivity contribution in [2.75, 3.05) is 5.32 Å². The average Bonchev–Trinajstić information content (AvgIpc) is 2.66. The fraction of sp³-hybridized carbons (Fsp3) is 0.200. The number of amides is 1. The van der Waals surface area contributed by atoms with Gasteiger partial charge in [0.1, 0.15) is 0 Å². The monoisotopic (exact) mass is 399 g/mol. The lowest BCUT2D eigenvalue weighted by molar-refractivity contribution is -0.137. The molecule has 144 valence electrons. The Morgan fingerprint density at radius 2 is 1.86 bits per heavy atom. The molecule has 0 aliphatic heterocycles. The lowest BCUT2D eigenvalue weighted by Crippen LogP contribution is -2.13. The predicted molar refractivity (Wildman–Crippen MR) is 107 cm³/mol. The first kappa shape index (κ1) is 19.6. The number of aromatic amines is 1. The van der Waals surface area contributed by atoms with Gasteiger partial charge in [-0.05, 0) is 30.2 Å². The largest absolute Gasteiger partial charge is 0.481 e. The second-order valence-electron chi connectivity index (χ2n) is 6.33. The quantitative estimate of drug-likeness (QED) is 0.564. The van der Waals surface area contributed by atoms with E-state index in [1.54, 1.807) is 24.3 Å². The summed E-state index contributed by atoms with van der Waals surface area (Å²) in [7, 11) is 0. The van der Waals surface area contributed by atoms with Crippen molar-refractivity contribution in [1.29, 1.82) is 0 Å². The number of benzene rings is 2. The van der Waals surface area contributed by atoms with Crippen LogP contribution in [0, 0.1) is 0 Å². The molecular weight excluding hydrogens is 382 g/mol. The summed E-state index contributed by atoms with van der Waals surface area (Å²) in [5.41, 5.74) is 1.77. The van der Waals surface area contributed by atoms with Crippen molar-refractivity contribution in [1.82, 2.24) is 10.2 Å². The number of carbonyl (C=O) groups is 2. The van der Waals surface area contributed by atoms with Gasteiger partial charge in [-0.3, -0.25) is 14.4 Å². The van der Waals surface area contributed by atoms with Gasteiger partial charge in [0.25, 0.3) is 5.56 Å². The highest BCUT2D eigenvalue weighted by Gasteiger charge is 2.11. The smallest absolute Gasteiger partial charge is 0.303 e. The van der Waals surface area contributed by atoms with Crippen LogP contribution in [0.15, 0.2) is 47.3 Å². The lowest BCUT2D eigenvalue weighted by atomic mass is 10.0. The molecule has 3 N–H and O–H groups in total. The van der Waals surface area contributed by atoms with Crippen molar-refractivity contribution >= 4 is 39.9 Å².